The summed E-state index contributed by atoms with van der Waals surface area (Å²) in [5.74, 6) is -0.105. The Bertz CT molecular complexity index is 1130. The summed E-state index contributed by atoms with van der Waals surface area (Å²) in [5, 5.41) is 11.9. The van der Waals surface area contributed by atoms with Gasteiger partial charge in [0.1, 0.15) is 11.5 Å². The highest BCUT2D eigenvalue weighted by atomic mass is 19.1. The lowest BCUT2D eigenvalue weighted by atomic mass is 10.2. The van der Waals surface area contributed by atoms with Gasteiger partial charge in [0.25, 0.3) is 5.56 Å². The fourth-order valence-electron chi connectivity index (χ4n) is 2.65. The van der Waals surface area contributed by atoms with E-state index in [1.807, 2.05) is 13.0 Å². The van der Waals surface area contributed by atoms with Crippen LogP contribution in [-0.4, -0.2) is 29.8 Å². The molecular weight excluding hydrogens is 323 g/mol. The van der Waals surface area contributed by atoms with Crippen molar-refractivity contribution in [2.24, 2.45) is 0 Å². The van der Waals surface area contributed by atoms with Gasteiger partial charge < -0.3 is 0 Å². The molecule has 0 unspecified atom stereocenters. The van der Waals surface area contributed by atoms with Crippen molar-refractivity contribution in [2.45, 2.75) is 13.5 Å². The summed E-state index contributed by atoms with van der Waals surface area (Å²) in [6.45, 7) is 1.93. The number of fused-ring (bicyclic) bond motifs is 1. The molecule has 4 rings (SSSR count). The van der Waals surface area contributed by atoms with Crippen LogP contribution in [0.4, 0.5) is 4.39 Å². The quantitative estimate of drug-likeness (QED) is 0.571. The van der Waals surface area contributed by atoms with E-state index >= 15 is 0 Å². The number of hydrogen-bond donors (Lipinski definition) is 0. The van der Waals surface area contributed by atoms with E-state index in [2.05, 4.69) is 20.5 Å². The van der Waals surface area contributed by atoms with E-state index in [0.29, 0.717) is 16.7 Å². The van der Waals surface area contributed by atoms with Gasteiger partial charge in [0, 0.05) is 0 Å². The topological polar surface area (TPSA) is 78.5 Å². The van der Waals surface area contributed by atoms with Crippen LogP contribution in [0.3, 0.4) is 0 Å². The van der Waals surface area contributed by atoms with E-state index in [4.69, 9.17) is 0 Å². The molecule has 2 heterocycles. The van der Waals surface area contributed by atoms with E-state index < -0.39 is 5.82 Å². The fourth-order valence-corrected chi connectivity index (χ4v) is 2.65. The van der Waals surface area contributed by atoms with Gasteiger partial charge in [0.2, 0.25) is 0 Å². The molecule has 124 valence electrons. The van der Waals surface area contributed by atoms with Crippen LogP contribution in [0.2, 0.25) is 0 Å². The molecule has 0 aliphatic heterocycles. The van der Waals surface area contributed by atoms with Crippen LogP contribution >= 0.6 is 0 Å². The second-order valence-corrected chi connectivity index (χ2v) is 5.66. The van der Waals surface area contributed by atoms with Crippen LogP contribution in [0.15, 0.2) is 53.6 Å². The molecule has 0 aliphatic carbocycles. The van der Waals surface area contributed by atoms with E-state index in [1.165, 1.54) is 21.6 Å². The molecule has 0 atom stereocenters. The highest BCUT2D eigenvalue weighted by Gasteiger charge is 2.14. The fraction of sp³-hybridized carbons (Fsp3) is 0.118. The molecule has 7 nitrogen and oxygen atoms in total. The summed E-state index contributed by atoms with van der Waals surface area (Å²) in [4.78, 5) is 16.9. The second kappa shape index (κ2) is 5.90. The van der Waals surface area contributed by atoms with Gasteiger partial charge in [-0.3, -0.25) is 9.36 Å². The molecule has 4 aromatic rings. The first-order valence-electron chi connectivity index (χ1n) is 7.61. The molecule has 0 spiro atoms. The van der Waals surface area contributed by atoms with Crippen LogP contribution in [0.5, 0.6) is 0 Å². The summed E-state index contributed by atoms with van der Waals surface area (Å²) in [5.41, 5.74) is 1.53. The molecule has 25 heavy (non-hydrogen) atoms. The van der Waals surface area contributed by atoms with Crippen molar-refractivity contribution < 1.29 is 4.39 Å². The first-order chi connectivity index (χ1) is 12.1. The van der Waals surface area contributed by atoms with Gasteiger partial charge in [-0.1, -0.05) is 18.2 Å². The molecule has 0 fully saturated rings. The Labute approximate surface area is 141 Å². The number of nitrogens with zero attached hydrogens (tertiary/aromatic N) is 6. The summed E-state index contributed by atoms with van der Waals surface area (Å²) in [7, 11) is 0. The van der Waals surface area contributed by atoms with Gasteiger partial charge >= 0.3 is 0 Å². The highest BCUT2D eigenvalue weighted by Crippen LogP contribution is 2.15. The lowest BCUT2D eigenvalue weighted by molar-refractivity contribution is 0.595. The van der Waals surface area contributed by atoms with Gasteiger partial charge in [0.15, 0.2) is 5.82 Å². The second-order valence-electron chi connectivity index (χ2n) is 5.66. The normalized spacial score (nSPS) is 11.1. The van der Waals surface area contributed by atoms with Crippen molar-refractivity contribution in [2.75, 3.05) is 0 Å². The maximum atomic E-state index is 14.1. The number of para-hydroxylation sites is 1. The smallest absolute Gasteiger partial charge is 0.261 e. The van der Waals surface area contributed by atoms with Crippen LogP contribution in [0.1, 0.15) is 11.4 Å². The minimum Gasteiger partial charge on any atom is -0.291 e. The van der Waals surface area contributed by atoms with Crippen molar-refractivity contribution >= 4 is 10.9 Å². The van der Waals surface area contributed by atoms with Crippen LogP contribution in [0, 0.1) is 12.7 Å². The molecule has 0 N–H and O–H groups in total. The van der Waals surface area contributed by atoms with E-state index in [9.17, 15) is 9.18 Å². The monoisotopic (exact) mass is 336 g/mol. The van der Waals surface area contributed by atoms with Gasteiger partial charge in [-0.25, -0.2) is 9.37 Å². The predicted octanol–water partition coefficient (Wildman–Crippen LogP) is 1.87. The average Bonchev–Trinajstić information content (AvgIpc) is 3.08. The maximum Gasteiger partial charge on any atom is 0.261 e. The number of halogens is 1. The molecule has 0 aliphatic rings. The Morgan fingerprint density at radius 1 is 1.16 bits per heavy atom. The lowest BCUT2D eigenvalue weighted by Gasteiger charge is -2.08. The number of aryl methyl sites for hydroxylation is 1. The third-order valence-corrected chi connectivity index (χ3v) is 3.91. The summed E-state index contributed by atoms with van der Waals surface area (Å²) in [6.07, 6.45) is 1.44. The molecule has 2 aromatic carbocycles. The van der Waals surface area contributed by atoms with Gasteiger partial charge in [-0.15, -0.1) is 5.10 Å². The minimum atomic E-state index is -0.442. The first kappa shape index (κ1) is 15.1. The minimum absolute atomic E-state index is 0.0804. The Balaban J connectivity index is 1.79. The lowest BCUT2D eigenvalue weighted by Crippen LogP contribution is -2.23. The van der Waals surface area contributed by atoms with Gasteiger partial charge in [-0.2, -0.15) is 4.68 Å². The largest absolute Gasteiger partial charge is 0.291 e. The number of benzene rings is 2. The Hall–Kier alpha value is -3.42. The molecule has 0 radical (unpaired) electrons. The number of tetrazole rings is 1. The van der Waals surface area contributed by atoms with Crippen molar-refractivity contribution in [1.82, 2.24) is 29.8 Å². The van der Waals surface area contributed by atoms with Gasteiger partial charge in [-0.05, 0) is 47.2 Å². The Kier molecular flexibility index (Phi) is 3.57. The van der Waals surface area contributed by atoms with Crippen molar-refractivity contribution in [3.8, 4) is 5.69 Å². The molecular formula is C17H13FN6O. The SMILES string of the molecule is Cc1ccc(F)c(-n2nnnc2Cn2cnc3ccccc3c2=O)c1. The number of aromatic nitrogens is 6. The first-order valence-corrected chi connectivity index (χ1v) is 7.61. The average molecular weight is 336 g/mol. The molecule has 2 aromatic heterocycles. The third kappa shape index (κ3) is 2.67. The summed E-state index contributed by atoms with van der Waals surface area (Å²) < 4.78 is 16.8. The maximum absolute atomic E-state index is 14.1. The highest BCUT2D eigenvalue weighted by molar-refractivity contribution is 5.76. The van der Waals surface area contributed by atoms with Crippen molar-refractivity contribution in [3.05, 3.63) is 76.4 Å². The van der Waals surface area contributed by atoms with Crippen molar-refractivity contribution in [1.29, 1.82) is 0 Å². The zero-order valence-electron chi connectivity index (χ0n) is 13.3. The molecule has 0 saturated heterocycles. The standard InChI is InChI=1S/C17H13FN6O/c1-11-6-7-13(18)15(8-11)24-16(20-21-22-24)9-23-10-19-14-5-3-2-4-12(14)17(23)25/h2-8,10H,9H2,1H3. The molecule has 0 amide bonds. The summed E-state index contributed by atoms with van der Waals surface area (Å²) in [6, 6.07) is 11.8. The molecule has 0 bridgehead atoms. The molecule has 0 saturated carbocycles. The van der Waals surface area contributed by atoms with E-state index in [1.54, 1.807) is 30.3 Å². The van der Waals surface area contributed by atoms with Crippen molar-refractivity contribution in [3.63, 3.8) is 0 Å². The zero-order valence-corrected chi connectivity index (χ0v) is 13.3. The van der Waals surface area contributed by atoms with Gasteiger partial charge in [0.05, 0.1) is 23.8 Å². The summed E-state index contributed by atoms with van der Waals surface area (Å²) >= 11 is 0. The predicted molar refractivity (Wildman–Crippen MR) is 89.0 cm³/mol. The number of rotatable bonds is 3. The van der Waals surface area contributed by atoms with E-state index in [-0.39, 0.29) is 17.8 Å². The van der Waals surface area contributed by atoms with Crippen LogP contribution in [-0.2, 0) is 6.54 Å². The number of hydrogen-bond acceptors (Lipinski definition) is 5. The third-order valence-electron chi connectivity index (χ3n) is 3.91. The van der Waals surface area contributed by atoms with Crippen LogP contribution < -0.4 is 5.56 Å². The Morgan fingerprint density at radius 2 is 2.00 bits per heavy atom. The van der Waals surface area contributed by atoms with Crippen LogP contribution in [0.25, 0.3) is 16.6 Å². The Morgan fingerprint density at radius 3 is 2.88 bits per heavy atom. The van der Waals surface area contributed by atoms with E-state index in [0.717, 1.165) is 5.56 Å². The zero-order chi connectivity index (χ0) is 17.4. The molecule has 8 heteroatoms.